The number of benzene rings is 1. The van der Waals surface area contributed by atoms with Gasteiger partial charge in [0, 0.05) is 56.6 Å². The van der Waals surface area contributed by atoms with Gasteiger partial charge in [0.2, 0.25) is 15.9 Å². The lowest BCUT2D eigenvalue weighted by atomic mass is 9.96. The van der Waals surface area contributed by atoms with E-state index < -0.39 is 10.0 Å². The fourth-order valence-corrected chi connectivity index (χ4v) is 6.74. The number of piperidine rings is 1. The molecule has 1 amide bonds. The molecule has 174 valence electrons. The van der Waals surface area contributed by atoms with Gasteiger partial charge in [0.05, 0.1) is 4.90 Å². The molecule has 2 aliphatic heterocycles. The van der Waals surface area contributed by atoms with E-state index in [9.17, 15) is 13.2 Å². The highest BCUT2D eigenvalue weighted by molar-refractivity contribution is 7.89. The first-order valence-electron chi connectivity index (χ1n) is 11.5. The molecule has 0 saturated carbocycles. The Balaban J connectivity index is 1.28. The number of thiophene rings is 1. The summed E-state index contributed by atoms with van der Waals surface area (Å²) in [6, 6.07) is 11.4. The Morgan fingerprint density at radius 2 is 1.66 bits per heavy atom. The highest BCUT2D eigenvalue weighted by atomic mass is 32.2. The van der Waals surface area contributed by atoms with Crippen molar-refractivity contribution in [2.75, 3.05) is 39.3 Å². The standard InChI is InChI=1S/C24H33N3O3S2/c1-19(2)20-5-7-23(8-6-20)32(29,30)27-11-9-21(10-12-27)24(28)26-15-13-25(14-16-26)18-22-4-3-17-31-22/h3-8,17,19,21H,9-16,18H2,1-2H3. The van der Waals surface area contributed by atoms with Gasteiger partial charge in [-0.3, -0.25) is 9.69 Å². The molecule has 1 aromatic heterocycles. The lowest BCUT2D eigenvalue weighted by Crippen LogP contribution is -2.51. The predicted octanol–water partition coefficient (Wildman–Crippen LogP) is 3.62. The highest BCUT2D eigenvalue weighted by Crippen LogP contribution is 2.27. The molecule has 0 radical (unpaired) electrons. The second-order valence-corrected chi connectivity index (χ2v) is 12.1. The lowest BCUT2D eigenvalue weighted by Gasteiger charge is -2.38. The molecule has 0 aliphatic carbocycles. The number of sulfonamides is 1. The van der Waals surface area contributed by atoms with Gasteiger partial charge in [0.25, 0.3) is 0 Å². The number of hydrogen-bond acceptors (Lipinski definition) is 5. The third kappa shape index (κ3) is 5.25. The molecule has 2 aliphatic rings. The third-order valence-electron chi connectivity index (χ3n) is 6.63. The van der Waals surface area contributed by atoms with Gasteiger partial charge in [-0.25, -0.2) is 8.42 Å². The maximum atomic E-state index is 13.0. The largest absolute Gasteiger partial charge is 0.340 e. The maximum absolute atomic E-state index is 13.0. The molecular weight excluding hydrogens is 442 g/mol. The Bertz CT molecular complexity index is 988. The zero-order chi connectivity index (χ0) is 22.7. The third-order valence-corrected chi connectivity index (χ3v) is 9.41. The number of carbonyl (C=O) groups excluding carboxylic acids is 1. The van der Waals surface area contributed by atoms with Crippen LogP contribution in [0.2, 0.25) is 0 Å². The number of hydrogen-bond donors (Lipinski definition) is 0. The molecule has 32 heavy (non-hydrogen) atoms. The minimum absolute atomic E-state index is 0.0754. The van der Waals surface area contributed by atoms with Gasteiger partial charge in [-0.2, -0.15) is 4.31 Å². The molecular formula is C24H33N3O3S2. The zero-order valence-electron chi connectivity index (χ0n) is 18.9. The smallest absolute Gasteiger partial charge is 0.243 e. The molecule has 2 aromatic rings. The summed E-state index contributed by atoms with van der Waals surface area (Å²) in [6.45, 7) is 9.24. The van der Waals surface area contributed by atoms with Crippen molar-refractivity contribution < 1.29 is 13.2 Å². The van der Waals surface area contributed by atoms with Gasteiger partial charge < -0.3 is 4.90 Å². The monoisotopic (exact) mass is 475 g/mol. The number of nitrogens with zero attached hydrogens (tertiary/aromatic N) is 3. The molecule has 0 bridgehead atoms. The molecule has 0 spiro atoms. The number of carbonyl (C=O) groups is 1. The van der Waals surface area contributed by atoms with Crippen molar-refractivity contribution >= 4 is 27.3 Å². The normalized spacial score (nSPS) is 19.5. The summed E-state index contributed by atoms with van der Waals surface area (Å²) < 4.78 is 27.6. The minimum Gasteiger partial charge on any atom is -0.340 e. The van der Waals surface area contributed by atoms with Crippen molar-refractivity contribution in [3.05, 3.63) is 52.2 Å². The average Bonchev–Trinajstić information content (AvgIpc) is 3.32. The van der Waals surface area contributed by atoms with Crippen LogP contribution in [-0.2, 0) is 21.4 Å². The SMILES string of the molecule is CC(C)c1ccc(S(=O)(=O)N2CCC(C(=O)N3CCN(Cc4cccs4)CC3)CC2)cc1. The van der Waals surface area contributed by atoms with Crippen LogP contribution >= 0.6 is 11.3 Å². The first kappa shape index (κ1) is 23.4. The maximum Gasteiger partial charge on any atom is 0.243 e. The van der Waals surface area contributed by atoms with Crippen LogP contribution in [0.15, 0.2) is 46.7 Å². The van der Waals surface area contributed by atoms with E-state index in [4.69, 9.17) is 0 Å². The van der Waals surface area contributed by atoms with Gasteiger partial charge in [-0.1, -0.05) is 32.0 Å². The summed E-state index contributed by atoms with van der Waals surface area (Å²) >= 11 is 1.77. The van der Waals surface area contributed by atoms with Crippen molar-refractivity contribution in [3.63, 3.8) is 0 Å². The topological polar surface area (TPSA) is 60.9 Å². The average molecular weight is 476 g/mol. The Morgan fingerprint density at radius 3 is 2.22 bits per heavy atom. The molecule has 2 fully saturated rings. The molecule has 8 heteroatoms. The van der Waals surface area contributed by atoms with Gasteiger partial charge in [0.1, 0.15) is 0 Å². The summed E-state index contributed by atoms with van der Waals surface area (Å²) in [6.07, 6.45) is 1.19. The van der Waals surface area contributed by atoms with E-state index in [1.165, 1.54) is 4.88 Å². The van der Waals surface area contributed by atoms with Crippen molar-refractivity contribution in [2.24, 2.45) is 5.92 Å². The Labute approximate surface area is 195 Å². The first-order chi connectivity index (χ1) is 15.3. The molecule has 4 rings (SSSR count). The van der Waals surface area contributed by atoms with Crippen LogP contribution < -0.4 is 0 Å². The lowest BCUT2D eigenvalue weighted by molar-refractivity contribution is -0.138. The predicted molar refractivity (Wildman–Crippen MR) is 128 cm³/mol. The Morgan fingerprint density at radius 1 is 1.00 bits per heavy atom. The van der Waals surface area contributed by atoms with Crippen molar-refractivity contribution in [1.82, 2.24) is 14.1 Å². The van der Waals surface area contributed by atoms with E-state index in [-0.39, 0.29) is 11.8 Å². The van der Waals surface area contributed by atoms with E-state index in [0.29, 0.717) is 36.7 Å². The fourth-order valence-electron chi connectivity index (χ4n) is 4.52. The molecule has 3 heterocycles. The Hall–Kier alpha value is -1.74. The number of piperazine rings is 1. The van der Waals surface area contributed by atoms with Crippen LogP contribution in [0.25, 0.3) is 0 Å². The van der Waals surface area contributed by atoms with Gasteiger partial charge in [-0.05, 0) is 47.9 Å². The second-order valence-electron chi connectivity index (χ2n) is 9.08. The van der Waals surface area contributed by atoms with Gasteiger partial charge in [-0.15, -0.1) is 11.3 Å². The van der Waals surface area contributed by atoms with E-state index in [1.54, 1.807) is 27.8 Å². The summed E-state index contributed by atoms with van der Waals surface area (Å²) in [4.78, 5) is 19.1. The van der Waals surface area contributed by atoms with Crippen LogP contribution in [0.5, 0.6) is 0 Å². The quantitative estimate of drug-likeness (QED) is 0.640. The molecule has 0 unspecified atom stereocenters. The summed E-state index contributed by atoms with van der Waals surface area (Å²) in [5.41, 5.74) is 1.13. The van der Waals surface area contributed by atoms with Crippen molar-refractivity contribution in [1.29, 1.82) is 0 Å². The van der Waals surface area contributed by atoms with Crippen LogP contribution in [-0.4, -0.2) is 67.7 Å². The summed E-state index contributed by atoms with van der Waals surface area (Å²) in [5, 5.41) is 2.10. The van der Waals surface area contributed by atoms with Crippen LogP contribution in [0.4, 0.5) is 0 Å². The van der Waals surface area contributed by atoms with E-state index in [2.05, 4.69) is 36.3 Å². The number of amides is 1. The van der Waals surface area contributed by atoms with E-state index >= 15 is 0 Å². The van der Waals surface area contributed by atoms with Crippen molar-refractivity contribution in [3.8, 4) is 0 Å². The number of rotatable bonds is 6. The minimum atomic E-state index is -3.51. The summed E-state index contributed by atoms with van der Waals surface area (Å²) in [5.74, 6) is 0.485. The molecule has 1 aromatic carbocycles. The van der Waals surface area contributed by atoms with Crippen LogP contribution in [0, 0.1) is 5.92 Å². The van der Waals surface area contributed by atoms with E-state index in [0.717, 1.165) is 38.3 Å². The first-order valence-corrected chi connectivity index (χ1v) is 13.8. The molecule has 2 saturated heterocycles. The zero-order valence-corrected chi connectivity index (χ0v) is 20.6. The van der Waals surface area contributed by atoms with Crippen LogP contribution in [0.1, 0.15) is 43.0 Å². The van der Waals surface area contributed by atoms with Crippen LogP contribution in [0.3, 0.4) is 0 Å². The van der Waals surface area contributed by atoms with Crippen molar-refractivity contribution in [2.45, 2.75) is 44.0 Å². The van der Waals surface area contributed by atoms with Gasteiger partial charge in [0.15, 0.2) is 0 Å². The fraction of sp³-hybridized carbons (Fsp3) is 0.542. The summed E-state index contributed by atoms with van der Waals surface area (Å²) in [7, 11) is -3.51. The highest BCUT2D eigenvalue weighted by Gasteiger charge is 2.34. The van der Waals surface area contributed by atoms with E-state index in [1.807, 2.05) is 17.0 Å². The molecule has 0 atom stereocenters. The molecule has 0 N–H and O–H groups in total. The second kappa shape index (κ2) is 10.0. The molecule has 6 nitrogen and oxygen atoms in total. The Kier molecular flexibility index (Phi) is 7.34. The van der Waals surface area contributed by atoms with Gasteiger partial charge >= 0.3 is 0 Å².